The summed E-state index contributed by atoms with van der Waals surface area (Å²) in [5.74, 6) is 1.08. The van der Waals surface area contributed by atoms with E-state index in [1.807, 2.05) is 12.1 Å². The van der Waals surface area contributed by atoms with Gasteiger partial charge in [-0.05, 0) is 43.2 Å². The van der Waals surface area contributed by atoms with Crippen LogP contribution in [-0.2, 0) is 0 Å². The standard InChI is InChI=1S/C18H25NO/c1-12(2)13-5-3-6-14(9-13)18(20)15-10-16-7-4-8-17(11-15)19-16/h3,5-6,9,12,15-17,19H,4,7-8,10-11H2,1-2H3. The fourth-order valence-electron chi connectivity index (χ4n) is 3.77. The van der Waals surface area contributed by atoms with Crippen molar-refractivity contribution >= 4 is 5.78 Å². The molecule has 0 aromatic heterocycles. The number of rotatable bonds is 3. The Morgan fingerprint density at radius 1 is 1.20 bits per heavy atom. The number of benzene rings is 1. The highest BCUT2D eigenvalue weighted by atomic mass is 16.1. The lowest BCUT2D eigenvalue weighted by Gasteiger charge is -2.39. The van der Waals surface area contributed by atoms with E-state index in [0.29, 0.717) is 23.8 Å². The van der Waals surface area contributed by atoms with Gasteiger partial charge in [0.1, 0.15) is 0 Å². The summed E-state index contributed by atoms with van der Waals surface area (Å²) < 4.78 is 0. The second-order valence-electron chi connectivity index (χ2n) is 6.80. The van der Waals surface area contributed by atoms with Crippen molar-refractivity contribution in [1.29, 1.82) is 0 Å². The quantitative estimate of drug-likeness (QED) is 0.844. The van der Waals surface area contributed by atoms with E-state index in [9.17, 15) is 4.79 Å². The summed E-state index contributed by atoms with van der Waals surface area (Å²) in [5.41, 5.74) is 2.19. The summed E-state index contributed by atoms with van der Waals surface area (Å²) >= 11 is 0. The highest BCUT2D eigenvalue weighted by molar-refractivity contribution is 5.98. The van der Waals surface area contributed by atoms with Crippen molar-refractivity contribution in [3.05, 3.63) is 35.4 Å². The van der Waals surface area contributed by atoms with Gasteiger partial charge in [-0.15, -0.1) is 0 Å². The van der Waals surface area contributed by atoms with E-state index in [4.69, 9.17) is 0 Å². The average Bonchev–Trinajstić information content (AvgIpc) is 2.46. The van der Waals surface area contributed by atoms with E-state index in [1.165, 1.54) is 24.8 Å². The predicted molar refractivity (Wildman–Crippen MR) is 82.1 cm³/mol. The van der Waals surface area contributed by atoms with Crippen molar-refractivity contribution in [3.63, 3.8) is 0 Å². The lowest BCUT2D eigenvalue weighted by Crippen LogP contribution is -2.50. The molecule has 20 heavy (non-hydrogen) atoms. The molecule has 0 aliphatic carbocycles. The number of piperidine rings is 2. The van der Waals surface area contributed by atoms with E-state index in [0.717, 1.165) is 18.4 Å². The summed E-state index contributed by atoms with van der Waals surface area (Å²) in [5, 5.41) is 3.67. The van der Waals surface area contributed by atoms with Crippen molar-refractivity contribution < 1.29 is 4.79 Å². The molecule has 2 aliphatic rings. The Morgan fingerprint density at radius 3 is 2.55 bits per heavy atom. The van der Waals surface area contributed by atoms with Gasteiger partial charge in [0.2, 0.25) is 0 Å². The van der Waals surface area contributed by atoms with Gasteiger partial charge in [-0.25, -0.2) is 0 Å². The molecule has 2 saturated heterocycles. The van der Waals surface area contributed by atoms with Crippen molar-refractivity contribution in [1.82, 2.24) is 5.32 Å². The van der Waals surface area contributed by atoms with Crippen LogP contribution < -0.4 is 5.32 Å². The van der Waals surface area contributed by atoms with E-state index in [-0.39, 0.29) is 5.92 Å². The maximum atomic E-state index is 12.8. The molecule has 108 valence electrons. The highest BCUT2D eigenvalue weighted by Crippen LogP contribution is 2.32. The van der Waals surface area contributed by atoms with Gasteiger partial charge >= 0.3 is 0 Å². The molecule has 2 heteroatoms. The molecule has 1 aromatic carbocycles. The summed E-state index contributed by atoms with van der Waals surface area (Å²) in [6.45, 7) is 4.36. The average molecular weight is 271 g/mol. The van der Waals surface area contributed by atoms with Gasteiger partial charge in [-0.1, -0.05) is 38.5 Å². The van der Waals surface area contributed by atoms with Crippen molar-refractivity contribution in [2.75, 3.05) is 0 Å². The van der Waals surface area contributed by atoms with E-state index < -0.39 is 0 Å². The Labute approximate surface area is 122 Å². The molecule has 2 nitrogen and oxygen atoms in total. The fraction of sp³-hybridized carbons (Fsp3) is 0.611. The van der Waals surface area contributed by atoms with Crippen molar-refractivity contribution in [2.45, 2.75) is 64.0 Å². The minimum atomic E-state index is 0.231. The lowest BCUT2D eigenvalue weighted by molar-refractivity contribution is 0.0825. The van der Waals surface area contributed by atoms with Crippen LogP contribution in [-0.4, -0.2) is 17.9 Å². The zero-order chi connectivity index (χ0) is 14.1. The van der Waals surface area contributed by atoms with Crippen LogP contribution in [0.2, 0.25) is 0 Å². The number of hydrogen-bond acceptors (Lipinski definition) is 2. The Kier molecular flexibility index (Phi) is 3.93. The third-order valence-electron chi connectivity index (χ3n) is 4.92. The van der Waals surface area contributed by atoms with Crippen LogP contribution in [0, 0.1) is 5.92 Å². The van der Waals surface area contributed by atoms with E-state index in [2.05, 4.69) is 31.3 Å². The first kappa shape index (κ1) is 13.8. The molecule has 1 aromatic rings. The molecule has 2 atom stereocenters. The summed E-state index contributed by atoms with van der Waals surface area (Å²) in [4.78, 5) is 12.8. The van der Waals surface area contributed by atoms with Crippen LogP contribution in [0.3, 0.4) is 0 Å². The van der Waals surface area contributed by atoms with Gasteiger partial charge in [0.15, 0.2) is 5.78 Å². The van der Waals surface area contributed by atoms with Crippen LogP contribution >= 0.6 is 0 Å². The van der Waals surface area contributed by atoms with Gasteiger partial charge in [0.25, 0.3) is 0 Å². The molecule has 2 aliphatic heterocycles. The normalized spacial score (nSPS) is 29.4. The number of nitrogens with one attached hydrogen (secondary N) is 1. The third kappa shape index (κ3) is 2.80. The Balaban J connectivity index is 1.77. The molecular weight excluding hydrogens is 246 g/mol. The minimum absolute atomic E-state index is 0.231. The Morgan fingerprint density at radius 2 is 1.90 bits per heavy atom. The van der Waals surface area contributed by atoms with E-state index in [1.54, 1.807) is 0 Å². The molecule has 2 bridgehead atoms. The predicted octanol–water partition coefficient (Wildman–Crippen LogP) is 3.91. The number of hydrogen-bond donors (Lipinski definition) is 1. The van der Waals surface area contributed by atoms with Crippen LogP contribution in [0.5, 0.6) is 0 Å². The molecule has 1 N–H and O–H groups in total. The lowest BCUT2D eigenvalue weighted by atomic mass is 9.77. The van der Waals surface area contributed by atoms with E-state index >= 15 is 0 Å². The SMILES string of the molecule is CC(C)c1cccc(C(=O)C2CC3CCCC(C2)N3)c1. The Hall–Kier alpha value is -1.15. The van der Waals surface area contributed by atoms with Crippen molar-refractivity contribution in [2.24, 2.45) is 5.92 Å². The second-order valence-corrected chi connectivity index (χ2v) is 6.80. The second kappa shape index (κ2) is 5.69. The summed E-state index contributed by atoms with van der Waals surface area (Å²) in [6, 6.07) is 9.40. The number of fused-ring (bicyclic) bond motifs is 2. The molecule has 3 rings (SSSR count). The van der Waals surface area contributed by atoms with Gasteiger partial charge in [-0.3, -0.25) is 4.79 Å². The zero-order valence-corrected chi connectivity index (χ0v) is 12.6. The highest BCUT2D eigenvalue weighted by Gasteiger charge is 2.34. The molecule has 0 radical (unpaired) electrons. The van der Waals surface area contributed by atoms with Gasteiger partial charge in [0.05, 0.1) is 0 Å². The molecule has 2 heterocycles. The molecule has 0 spiro atoms. The van der Waals surface area contributed by atoms with Crippen LogP contribution in [0.4, 0.5) is 0 Å². The maximum Gasteiger partial charge on any atom is 0.166 e. The molecule has 2 unspecified atom stereocenters. The summed E-state index contributed by atoms with van der Waals surface area (Å²) in [7, 11) is 0. The first-order valence-corrected chi connectivity index (χ1v) is 8.03. The first-order chi connectivity index (χ1) is 9.63. The smallest absolute Gasteiger partial charge is 0.166 e. The topological polar surface area (TPSA) is 29.1 Å². The van der Waals surface area contributed by atoms with Crippen LogP contribution in [0.25, 0.3) is 0 Å². The van der Waals surface area contributed by atoms with Crippen LogP contribution in [0.15, 0.2) is 24.3 Å². The minimum Gasteiger partial charge on any atom is -0.311 e. The Bertz CT molecular complexity index is 482. The molecule has 2 fully saturated rings. The van der Waals surface area contributed by atoms with Crippen molar-refractivity contribution in [3.8, 4) is 0 Å². The number of Topliss-reactive ketones (excluding diaryl/α,β-unsaturated/α-hetero) is 1. The molecular formula is C18H25NO. The maximum absolute atomic E-state index is 12.8. The fourth-order valence-corrected chi connectivity index (χ4v) is 3.77. The third-order valence-corrected chi connectivity index (χ3v) is 4.92. The van der Waals surface area contributed by atoms with Gasteiger partial charge < -0.3 is 5.32 Å². The largest absolute Gasteiger partial charge is 0.311 e. The number of carbonyl (C=O) groups excluding carboxylic acids is 1. The van der Waals surface area contributed by atoms with Gasteiger partial charge in [0, 0.05) is 23.6 Å². The van der Waals surface area contributed by atoms with Gasteiger partial charge in [-0.2, -0.15) is 0 Å². The monoisotopic (exact) mass is 271 g/mol. The number of ketones is 1. The molecule has 0 saturated carbocycles. The first-order valence-electron chi connectivity index (χ1n) is 8.03. The number of carbonyl (C=O) groups is 1. The summed E-state index contributed by atoms with van der Waals surface area (Å²) in [6.07, 6.45) is 5.87. The van der Waals surface area contributed by atoms with Crippen LogP contribution in [0.1, 0.15) is 67.8 Å². The zero-order valence-electron chi connectivity index (χ0n) is 12.6. The molecule has 0 amide bonds.